The third kappa shape index (κ3) is 3.98. The molecule has 23 heavy (non-hydrogen) atoms. The Labute approximate surface area is 143 Å². The van der Waals surface area contributed by atoms with Crippen LogP contribution in [0.15, 0.2) is 48.5 Å². The van der Waals surface area contributed by atoms with E-state index in [1.165, 1.54) is 5.56 Å². The van der Waals surface area contributed by atoms with Gasteiger partial charge in [0.2, 0.25) is 0 Å². The van der Waals surface area contributed by atoms with Crippen molar-refractivity contribution in [3.05, 3.63) is 59.1 Å². The molecule has 1 aliphatic heterocycles. The summed E-state index contributed by atoms with van der Waals surface area (Å²) in [7, 11) is 0. The molecule has 0 saturated carbocycles. The number of hydrogen-bond donors (Lipinski definition) is 1. The minimum atomic E-state index is 0.218. The predicted octanol–water partition coefficient (Wildman–Crippen LogP) is 4.53. The molecule has 1 unspecified atom stereocenters. The molecule has 1 heterocycles. The molecule has 3 rings (SSSR count). The maximum atomic E-state index is 6.19. The largest absolute Gasteiger partial charge is 0.489 e. The summed E-state index contributed by atoms with van der Waals surface area (Å²) in [5.41, 5.74) is 7.75. The van der Waals surface area contributed by atoms with Gasteiger partial charge in [-0.15, -0.1) is 0 Å². The van der Waals surface area contributed by atoms with Crippen molar-refractivity contribution in [3.63, 3.8) is 0 Å². The molecule has 0 aliphatic carbocycles. The summed E-state index contributed by atoms with van der Waals surface area (Å²) in [4.78, 5) is 2.51. The first-order chi connectivity index (χ1) is 11.1. The molecule has 1 fully saturated rings. The number of nitrogens with zero attached hydrogens (tertiary/aromatic N) is 1. The van der Waals surface area contributed by atoms with Crippen LogP contribution >= 0.6 is 11.6 Å². The number of likely N-dealkylation sites (tertiary alicyclic amines) is 1. The average Bonchev–Trinajstić information content (AvgIpc) is 2.58. The van der Waals surface area contributed by atoms with Crippen LogP contribution < -0.4 is 10.5 Å². The SMILES string of the molecule is CC(c1ccccc1)N1CCC(Oc2ccc(N)cc2Cl)CC1. The average molecular weight is 331 g/mol. The second kappa shape index (κ2) is 7.24. The lowest BCUT2D eigenvalue weighted by molar-refractivity contribution is 0.0798. The molecule has 0 aromatic heterocycles. The van der Waals surface area contributed by atoms with Gasteiger partial charge in [0.25, 0.3) is 0 Å². The second-order valence-electron chi connectivity index (χ2n) is 6.13. The molecule has 0 spiro atoms. The van der Waals surface area contributed by atoms with Gasteiger partial charge in [-0.3, -0.25) is 4.90 Å². The van der Waals surface area contributed by atoms with Gasteiger partial charge in [0.1, 0.15) is 11.9 Å². The Morgan fingerprint density at radius 1 is 1.13 bits per heavy atom. The van der Waals surface area contributed by atoms with Gasteiger partial charge in [-0.2, -0.15) is 0 Å². The van der Waals surface area contributed by atoms with Crippen LogP contribution in [0.3, 0.4) is 0 Å². The molecule has 4 heteroatoms. The van der Waals surface area contributed by atoms with Crippen molar-refractivity contribution < 1.29 is 4.74 Å². The van der Waals surface area contributed by atoms with Gasteiger partial charge >= 0.3 is 0 Å². The smallest absolute Gasteiger partial charge is 0.138 e. The highest BCUT2D eigenvalue weighted by Gasteiger charge is 2.24. The minimum absolute atomic E-state index is 0.218. The van der Waals surface area contributed by atoms with Crippen LogP contribution in [0, 0.1) is 0 Å². The number of halogens is 1. The van der Waals surface area contributed by atoms with Crippen molar-refractivity contribution in [2.45, 2.75) is 31.9 Å². The Morgan fingerprint density at radius 2 is 1.83 bits per heavy atom. The van der Waals surface area contributed by atoms with Crippen molar-refractivity contribution in [1.29, 1.82) is 0 Å². The van der Waals surface area contributed by atoms with Gasteiger partial charge in [0, 0.05) is 24.8 Å². The van der Waals surface area contributed by atoms with E-state index >= 15 is 0 Å². The first kappa shape index (κ1) is 16.2. The van der Waals surface area contributed by atoms with E-state index in [4.69, 9.17) is 22.1 Å². The standard InChI is InChI=1S/C19H23ClN2O/c1-14(15-5-3-2-4-6-15)22-11-9-17(10-12-22)23-19-8-7-16(21)13-18(19)20/h2-8,13-14,17H,9-12,21H2,1H3. The molecule has 1 saturated heterocycles. The summed E-state index contributed by atoms with van der Waals surface area (Å²) in [5.74, 6) is 0.732. The van der Waals surface area contributed by atoms with E-state index in [0.717, 1.165) is 31.7 Å². The van der Waals surface area contributed by atoms with Crippen molar-refractivity contribution in [2.75, 3.05) is 18.8 Å². The van der Waals surface area contributed by atoms with Crippen molar-refractivity contribution in [1.82, 2.24) is 4.90 Å². The number of piperidine rings is 1. The van der Waals surface area contributed by atoms with Crippen LogP contribution in [0.2, 0.25) is 5.02 Å². The number of rotatable bonds is 4. The van der Waals surface area contributed by atoms with E-state index in [1.807, 2.05) is 12.1 Å². The lowest BCUT2D eigenvalue weighted by Crippen LogP contribution is -2.39. The van der Waals surface area contributed by atoms with Crippen LogP contribution in [0.25, 0.3) is 0 Å². The topological polar surface area (TPSA) is 38.5 Å². The molecule has 122 valence electrons. The maximum Gasteiger partial charge on any atom is 0.138 e. The molecule has 3 nitrogen and oxygen atoms in total. The van der Waals surface area contributed by atoms with Gasteiger partial charge in [-0.1, -0.05) is 41.9 Å². The van der Waals surface area contributed by atoms with Gasteiger partial charge in [-0.25, -0.2) is 0 Å². The molecule has 0 radical (unpaired) electrons. The van der Waals surface area contributed by atoms with Gasteiger partial charge in [0.15, 0.2) is 0 Å². The number of nitrogens with two attached hydrogens (primary N) is 1. The maximum absolute atomic E-state index is 6.19. The van der Waals surface area contributed by atoms with E-state index in [9.17, 15) is 0 Å². The highest BCUT2D eigenvalue weighted by Crippen LogP contribution is 2.30. The summed E-state index contributed by atoms with van der Waals surface area (Å²) >= 11 is 6.19. The Hall–Kier alpha value is -1.71. The summed E-state index contributed by atoms with van der Waals surface area (Å²) in [6.45, 7) is 4.34. The summed E-state index contributed by atoms with van der Waals surface area (Å²) < 4.78 is 6.06. The zero-order valence-electron chi connectivity index (χ0n) is 13.4. The van der Waals surface area contributed by atoms with E-state index in [1.54, 1.807) is 6.07 Å². The molecule has 2 aromatic carbocycles. The highest BCUT2D eigenvalue weighted by atomic mass is 35.5. The van der Waals surface area contributed by atoms with Crippen LogP contribution in [-0.2, 0) is 0 Å². The zero-order chi connectivity index (χ0) is 16.2. The van der Waals surface area contributed by atoms with Crippen molar-refractivity contribution >= 4 is 17.3 Å². The normalized spacial score (nSPS) is 17.8. The van der Waals surface area contributed by atoms with Gasteiger partial charge < -0.3 is 10.5 Å². The zero-order valence-corrected chi connectivity index (χ0v) is 14.2. The van der Waals surface area contributed by atoms with Gasteiger partial charge in [0.05, 0.1) is 5.02 Å². The Kier molecular flexibility index (Phi) is 5.09. The van der Waals surface area contributed by atoms with Crippen molar-refractivity contribution in [2.24, 2.45) is 0 Å². The molecular weight excluding hydrogens is 308 g/mol. The van der Waals surface area contributed by atoms with Crippen LogP contribution in [0.5, 0.6) is 5.75 Å². The number of nitrogen functional groups attached to an aromatic ring is 1. The van der Waals surface area contributed by atoms with Crippen LogP contribution in [-0.4, -0.2) is 24.1 Å². The first-order valence-electron chi connectivity index (χ1n) is 8.14. The number of hydrogen-bond acceptors (Lipinski definition) is 3. The van der Waals surface area contributed by atoms with E-state index < -0.39 is 0 Å². The quantitative estimate of drug-likeness (QED) is 0.837. The monoisotopic (exact) mass is 330 g/mol. The Balaban J connectivity index is 1.56. The summed E-state index contributed by atoms with van der Waals surface area (Å²) in [6, 6.07) is 16.5. The molecule has 1 atom stereocenters. The second-order valence-corrected chi connectivity index (χ2v) is 6.54. The first-order valence-corrected chi connectivity index (χ1v) is 8.52. The number of benzene rings is 2. The molecular formula is C19H23ClN2O. The van der Waals surface area contributed by atoms with Crippen LogP contribution in [0.1, 0.15) is 31.4 Å². The fourth-order valence-corrected chi connectivity index (χ4v) is 3.35. The van der Waals surface area contributed by atoms with E-state index in [0.29, 0.717) is 16.8 Å². The molecule has 2 aromatic rings. The fourth-order valence-electron chi connectivity index (χ4n) is 3.12. The van der Waals surface area contributed by atoms with Crippen LogP contribution in [0.4, 0.5) is 5.69 Å². The molecule has 2 N–H and O–H groups in total. The fraction of sp³-hybridized carbons (Fsp3) is 0.368. The lowest BCUT2D eigenvalue weighted by Gasteiger charge is -2.36. The summed E-state index contributed by atoms with van der Waals surface area (Å²) in [6.07, 6.45) is 2.24. The summed E-state index contributed by atoms with van der Waals surface area (Å²) in [5, 5.41) is 0.588. The van der Waals surface area contributed by atoms with E-state index in [-0.39, 0.29) is 6.10 Å². The van der Waals surface area contributed by atoms with E-state index in [2.05, 4.69) is 42.2 Å². The lowest BCUT2D eigenvalue weighted by atomic mass is 10.0. The highest BCUT2D eigenvalue weighted by molar-refractivity contribution is 6.32. The number of ether oxygens (including phenoxy) is 1. The molecule has 0 bridgehead atoms. The Bertz CT molecular complexity index is 639. The Morgan fingerprint density at radius 3 is 2.48 bits per heavy atom. The third-order valence-electron chi connectivity index (χ3n) is 4.56. The number of anilines is 1. The van der Waals surface area contributed by atoms with Crippen molar-refractivity contribution in [3.8, 4) is 5.75 Å². The van der Waals surface area contributed by atoms with Gasteiger partial charge in [-0.05, 0) is 43.5 Å². The minimum Gasteiger partial charge on any atom is -0.489 e. The predicted molar refractivity (Wildman–Crippen MR) is 95.9 cm³/mol. The molecule has 0 amide bonds. The molecule has 1 aliphatic rings. The third-order valence-corrected chi connectivity index (χ3v) is 4.85.